The number of carbonyl (C=O) groups is 2. The number of esters is 2. The summed E-state index contributed by atoms with van der Waals surface area (Å²) in [5.74, 6) is -3.18. The zero-order valence-electron chi connectivity index (χ0n) is 14.1. The number of hydrogen-bond acceptors (Lipinski definition) is 6. The number of hydrogen-bond donors (Lipinski definition) is 1. The number of rotatable bonds is 7. The molecule has 0 aliphatic heterocycles. The Bertz CT molecular complexity index is 696. The van der Waals surface area contributed by atoms with Gasteiger partial charge < -0.3 is 19.3 Å². The first-order valence-corrected chi connectivity index (χ1v) is 7.31. The second-order valence-electron chi connectivity index (χ2n) is 5.37. The second kappa shape index (κ2) is 8.95. The lowest BCUT2D eigenvalue weighted by molar-refractivity contribution is -0.314. The molecule has 6 nitrogen and oxygen atoms in total. The SMILES string of the molecule is C=C(C)C(=O)OC(OCC(=O)OC(C(F)(F)F)C(F)(F)F)c1ccc(O)cc1. The quantitative estimate of drug-likeness (QED) is 0.317. The highest BCUT2D eigenvalue weighted by atomic mass is 19.4. The molecular formula is C16H14F6O6. The van der Waals surface area contributed by atoms with Crippen molar-refractivity contribution in [1.82, 2.24) is 0 Å². The molecule has 0 heterocycles. The minimum atomic E-state index is -5.88. The number of alkyl halides is 6. The van der Waals surface area contributed by atoms with Crippen LogP contribution in [0.4, 0.5) is 26.3 Å². The van der Waals surface area contributed by atoms with E-state index in [1.54, 1.807) is 0 Å². The van der Waals surface area contributed by atoms with Crippen LogP contribution in [0.25, 0.3) is 0 Å². The Kier molecular flexibility index (Phi) is 7.44. The molecular weight excluding hydrogens is 402 g/mol. The van der Waals surface area contributed by atoms with Gasteiger partial charge in [0.2, 0.25) is 6.29 Å². The summed E-state index contributed by atoms with van der Waals surface area (Å²) in [5.41, 5.74) is -0.0624. The van der Waals surface area contributed by atoms with Gasteiger partial charge >= 0.3 is 24.3 Å². The molecule has 28 heavy (non-hydrogen) atoms. The van der Waals surface area contributed by atoms with Crippen LogP contribution in [-0.2, 0) is 23.8 Å². The number of benzene rings is 1. The van der Waals surface area contributed by atoms with Gasteiger partial charge in [-0.15, -0.1) is 0 Å². The van der Waals surface area contributed by atoms with Crippen molar-refractivity contribution in [2.45, 2.75) is 31.7 Å². The minimum Gasteiger partial charge on any atom is -0.508 e. The maximum absolute atomic E-state index is 12.4. The standard InChI is InChI=1S/C16H14F6O6/c1-8(2)12(25)28-13(9-3-5-10(23)6-4-9)26-7-11(24)27-14(15(17,18)19)16(20,21)22/h3-6,13-14,23H,1,7H2,2H3. The molecule has 0 spiro atoms. The van der Waals surface area contributed by atoms with Gasteiger partial charge in [0.25, 0.3) is 6.10 Å². The Morgan fingerprint density at radius 2 is 1.54 bits per heavy atom. The van der Waals surface area contributed by atoms with Gasteiger partial charge in [-0.3, -0.25) is 0 Å². The van der Waals surface area contributed by atoms with E-state index in [0.29, 0.717) is 0 Å². The third-order valence-electron chi connectivity index (χ3n) is 2.92. The molecule has 1 aromatic carbocycles. The van der Waals surface area contributed by atoms with Crippen LogP contribution in [0.3, 0.4) is 0 Å². The molecule has 0 radical (unpaired) electrons. The highest BCUT2D eigenvalue weighted by Crippen LogP contribution is 2.35. The normalized spacial score (nSPS) is 13.1. The van der Waals surface area contributed by atoms with Crippen LogP contribution in [-0.4, -0.2) is 42.1 Å². The summed E-state index contributed by atoms with van der Waals surface area (Å²) in [5, 5.41) is 9.23. The first kappa shape index (κ1) is 23.3. The number of phenolic OH excluding ortho intramolecular Hbond substituents is 1. The fraction of sp³-hybridized carbons (Fsp3) is 0.375. The number of halogens is 6. The van der Waals surface area contributed by atoms with Crippen molar-refractivity contribution < 1.29 is 55.2 Å². The molecule has 1 unspecified atom stereocenters. The van der Waals surface area contributed by atoms with Crippen molar-refractivity contribution in [1.29, 1.82) is 0 Å². The first-order valence-electron chi connectivity index (χ1n) is 7.31. The predicted molar refractivity (Wildman–Crippen MR) is 79.7 cm³/mol. The van der Waals surface area contributed by atoms with Crippen molar-refractivity contribution in [2.24, 2.45) is 0 Å². The first-order chi connectivity index (χ1) is 12.7. The van der Waals surface area contributed by atoms with Crippen molar-refractivity contribution in [3.05, 3.63) is 42.0 Å². The molecule has 156 valence electrons. The lowest BCUT2D eigenvalue weighted by atomic mass is 10.2. The Morgan fingerprint density at radius 1 is 1.04 bits per heavy atom. The summed E-state index contributed by atoms with van der Waals surface area (Å²) >= 11 is 0. The molecule has 0 saturated carbocycles. The molecule has 0 amide bonds. The largest absolute Gasteiger partial charge is 0.508 e. The third-order valence-corrected chi connectivity index (χ3v) is 2.92. The van der Waals surface area contributed by atoms with E-state index in [-0.39, 0.29) is 16.9 Å². The van der Waals surface area contributed by atoms with Crippen LogP contribution in [0.1, 0.15) is 18.8 Å². The molecule has 0 fully saturated rings. The topological polar surface area (TPSA) is 82.1 Å². The van der Waals surface area contributed by atoms with E-state index >= 15 is 0 Å². The van der Waals surface area contributed by atoms with E-state index in [2.05, 4.69) is 11.3 Å². The molecule has 1 atom stereocenters. The fourth-order valence-electron chi connectivity index (χ4n) is 1.66. The zero-order chi connectivity index (χ0) is 21.7. The highest BCUT2D eigenvalue weighted by molar-refractivity contribution is 5.87. The van der Waals surface area contributed by atoms with E-state index in [1.165, 1.54) is 19.1 Å². The maximum atomic E-state index is 12.4. The molecule has 0 aliphatic rings. The van der Waals surface area contributed by atoms with Crippen molar-refractivity contribution in [2.75, 3.05) is 6.61 Å². The van der Waals surface area contributed by atoms with E-state index in [4.69, 9.17) is 9.47 Å². The lowest BCUT2D eigenvalue weighted by Crippen LogP contribution is -2.46. The van der Waals surface area contributed by atoms with E-state index in [1.807, 2.05) is 0 Å². The highest BCUT2D eigenvalue weighted by Gasteiger charge is 2.59. The Morgan fingerprint density at radius 3 is 1.96 bits per heavy atom. The Balaban J connectivity index is 2.88. The van der Waals surface area contributed by atoms with Crippen molar-refractivity contribution in [3.8, 4) is 5.75 Å². The average molecular weight is 416 g/mol. The van der Waals surface area contributed by atoms with Crippen LogP contribution in [0.5, 0.6) is 5.75 Å². The van der Waals surface area contributed by atoms with Gasteiger partial charge in [0.1, 0.15) is 12.4 Å². The van der Waals surface area contributed by atoms with Crippen molar-refractivity contribution >= 4 is 11.9 Å². The van der Waals surface area contributed by atoms with Gasteiger partial charge in [-0.05, 0) is 31.2 Å². The Hall–Kier alpha value is -2.76. The molecule has 1 rings (SSSR count). The van der Waals surface area contributed by atoms with Gasteiger partial charge in [0.05, 0.1) is 0 Å². The smallest absolute Gasteiger partial charge is 0.434 e. The van der Waals surface area contributed by atoms with Gasteiger partial charge in [-0.2, -0.15) is 26.3 Å². The second-order valence-corrected chi connectivity index (χ2v) is 5.37. The summed E-state index contributed by atoms with van der Waals surface area (Å²) in [6, 6.07) is 4.65. The minimum absolute atomic E-state index is 0.0309. The summed E-state index contributed by atoms with van der Waals surface area (Å²) in [4.78, 5) is 23.0. The van der Waals surface area contributed by atoms with Crippen LogP contribution in [0.2, 0.25) is 0 Å². The zero-order valence-corrected chi connectivity index (χ0v) is 14.1. The Labute approximate surface area is 154 Å². The third kappa shape index (κ3) is 7.10. The van der Waals surface area contributed by atoms with Crippen LogP contribution in [0, 0.1) is 0 Å². The number of aromatic hydroxyl groups is 1. The number of ether oxygens (including phenoxy) is 3. The molecule has 12 heteroatoms. The summed E-state index contributed by atoms with van der Waals surface area (Å²) in [7, 11) is 0. The van der Waals surface area contributed by atoms with E-state index < -0.39 is 43.3 Å². The maximum Gasteiger partial charge on any atom is 0.434 e. The molecule has 0 aromatic heterocycles. The summed E-state index contributed by atoms with van der Waals surface area (Å²) in [6.45, 7) is 3.17. The van der Waals surface area contributed by atoms with E-state index in [9.17, 15) is 41.0 Å². The lowest BCUT2D eigenvalue weighted by Gasteiger charge is -2.23. The van der Waals surface area contributed by atoms with Gasteiger partial charge in [-0.1, -0.05) is 6.58 Å². The predicted octanol–water partition coefficient (Wildman–Crippen LogP) is 3.56. The number of phenols is 1. The monoisotopic (exact) mass is 416 g/mol. The molecule has 1 N–H and O–H groups in total. The van der Waals surface area contributed by atoms with Gasteiger partial charge in [0, 0.05) is 11.1 Å². The molecule has 0 bridgehead atoms. The van der Waals surface area contributed by atoms with Crippen molar-refractivity contribution in [3.63, 3.8) is 0 Å². The fourth-order valence-corrected chi connectivity index (χ4v) is 1.66. The van der Waals surface area contributed by atoms with Gasteiger partial charge in [-0.25, -0.2) is 9.59 Å². The van der Waals surface area contributed by atoms with Crippen LogP contribution >= 0.6 is 0 Å². The average Bonchev–Trinajstić information content (AvgIpc) is 2.54. The molecule has 1 aromatic rings. The van der Waals surface area contributed by atoms with Crippen LogP contribution < -0.4 is 0 Å². The van der Waals surface area contributed by atoms with Gasteiger partial charge in [0.15, 0.2) is 0 Å². The summed E-state index contributed by atoms with van der Waals surface area (Å²) < 4.78 is 87.4. The molecule has 0 saturated heterocycles. The molecule has 0 aliphatic carbocycles. The van der Waals surface area contributed by atoms with E-state index in [0.717, 1.165) is 12.1 Å². The summed E-state index contributed by atoms with van der Waals surface area (Å²) in [6.07, 6.45) is -17.8. The van der Waals surface area contributed by atoms with Crippen LogP contribution in [0.15, 0.2) is 36.4 Å². The number of carbonyl (C=O) groups excluding carboxylic acids is 2.